The van der Waals surface area contributed by atoms with Crippen LogP contribution in [0.15, 0.2) is 79.1 Å². The van der Waals surface area contributed by atoms with Crippen LogP contribution >= 0.6 is 0 Å². The number of hydrogen-bond acceptors (Lipinski definition) is 4. The number of aromatic nitrogens is 3. The molecule has 0 unspecified atom stereocenters. The molecule has 0 bridgehead atoms. The maximum Gasteiger partial charge on any atom is 0.254 e. The average Bonchev–Trinajstić information content (AvgIpc) is 2.77. The van der Waals surface area contributed by atoms with Crippen LogP contribution in [0.25, 0.3) is 22.4 Å². The highest BCUT2D eigenvalue weighted by atomic mass is 16.1. The van der Waals surface area contributed by atoms with Gasteiger partial charge in [0.2, 0.25) is 0 Å². The van der Waals surface area contributed by atoms with Gasteiger partial charge in [-0.15, -0.1) is 0 Å². The Balaban J connectivity index is 1.75. The summed E-state index contributed by atoms with van der Waals surface area (Å²) in [4.78, 5) is 26.4. The number of pyridine rings is 1. The zero-order valence-electron chi connectivity index (χ0n) is 15.5. The molecule has 0 spiro atoms. The molecule has 4 aromatic rings. The molecule has 0 aliphatic rings. The number of benzene rings is 2. The van der Waals surface area contributed by atoms with Crippen LogP contribution in [0, 0.1) is 0 Å². The van der Waals surface area contributed by atoms with Gasteiger partial charge in [0.1, 0.15) is 5.52 Å². The summed E-state index contributed by atoms with van der Waals surface area (Å²) in [5.74, 6) is -0.180. The van der Waals surface area contributed by atoms with Gasteiger partial charge in [0.15, 0.2) is 5.65 Å². The van der Waals surface area contributed by atoms with E-state index in [1.165, 1.54) is 0 Å². The van der Waals surface area contributed by atoms with E-state index in [4.69, 9.17) is 0 Å². The average molecular weight is 368 g/mol. The molecule has 2 aromatic heterocycles. The van der Waals surface area contributed by atoms with Crippen molar-refractivity contribution in [3.8, 4) is 11.3 Å². The largest absolute Gasteiger partial charge is 0.345 e. The monoisotopic (exact) mass is 368 g/mol. The van der Waals surface area contributed by atoms with Crippen molar-refractivity contribution in [3.63, 3.8) is 0 Å². The molecule has 5 heteroatoms. The lowest BCUT2D eigenvalue weighted by Gasteiger charge is -2.18. The third-order valence-electron chi connectivity index (χ3n) is 4.67. The highest BCUT2D eigenvalue weighted by Gasteiger charge is 2.19. The maximum atomic E-state index is 13.2. The topological polar surface area (TPSA) is 67.8 Å². The van der Waals surface area contributed by atoms with Crippen LogP contribution in [0.5, 0.6) is 0 Å². The lowest BCUT2D eigenvalue weighted by Crippen LogP contribution is -2.28. The molecule has 0 saturated heterocycles. The molecule has 0 aliphatic heterocycles. The first kappa shape index (κ1) is 17.8. The Kier molecular flexibility index (Phi) is 5.06. The smallest absolute Gasteiger partial charge is 0.254 e. The van der Waals surface area contributed by atoms with Gasteiger partial charge in [-0.1, -0.05) is 67.6 Å². The highest BCUT2D eigenvalue weighted by molar-refractivity contribution is 6.05. The second kappa shape index (κ2) is 7.96. The van der Waals surface area contributed by atoms with E-state index >= 15 is 0 Å². The first-order chi connectivity index (χ1) is 13.8. The van der Waals surface area contributed by atoms with Gasteiger partial charge >= 0.3 is 0 Å². The molecule has 1 N–H and O–H groups in total. The lowest BCUT2D eigenvalue weighted by molar-refractivity contribution is 0.0937. The van der Waals surface area contributed by atoms with E-state index < -0.39 is 0 Å². The molecule has 28 heavy (non-hydrogen) atoms. The minimum atomic E-state index is -0.180. The Bertz CT molecular complexity index is 1100. The molecule has 138 valence electrons. The van der Waals surface area contributed by atoms with Crippen molar-refractivity contribution >= 4 is 17.1 Å². The first-order valence-electron chi connectivity index (χ1n) is 9.29. The summed E-state index contributed by atoms with van der Waals surface area (Å²) >= 11 is 0. The lowest BCUT2D eigenvalue weighted by atomic mass is 10.0. The van der Waals surface area contributed by atoms with Gasteiger partial charge < -0.3 is 5.32 Å². The first-order valence-corrected chi connectivity index (χ1v) is 9.29. The molecule has 0 saturated carbocycles. The molecule has 1 amide bonds. The van der Waals surface area contributed by atoms with E-state index in [1.807, 2.05) is 60.7 Å². The molecule has 4 rings (SSSR count). The number of amides is 1. The molecule has 5 nitrogen and oxygen atoms in total. The highest BCUT2D eigenvalue weighted by Crippen LogP contribution is 2.24. The van der Waals surface area contributed by atoms with Crippen molar-refractivity contribution < 1.29 is 4.79 Å². The number of nitrogens with one attached hydrogen (secondary N) is 1. The Morgan fingerprint density at radius 3 is 2.36 bits per heavy atom. The second-order valence-corrected chi connectivity index (χ2v) is 6.49. The van der Waals surface area contributed by atoms with Gasteiger partial charge in [-0.25, -0.2) is 9.97 Å². The molecule has 0 aliphatic carbocycles. The normalized spacial score (nSPS) is 11.9. The van der Waals surface area contributed by atoms with Crippen molar-refractivity contribution in [1.82, 2.24) is 20.3 Å². The zero-order chi connectivity index (χ0) is 19.3. The van der Waals surface area contributed by atoms with Gasteiger partial charge in [0.05, 0.1) is 17.3 Å². The summed E-state index contributed by atoms with van der Waals surface area (Å²) in [5, 5.41) is 3.14. The quantitative estimate of drug-likeness (QED) is 0.560. The Hall–Kier alpha value is -3.60. The summed E-state index contributed by atoms with van der Waals surface area (Å²) in [5.41, 5.74) is 4.15. The fourth-order valence-corrected chi connectivity index (χ4v) is 3.23. The standard InChI is InChI=1S/C23H20N4O/c1-2-19(16-9-5-3-6-10-16)27-23(28)18-15-20(17-11-7-4-8-12-17)26-22-21(18)24-13-14-25-22/h3-15,19H,2H2,1H3,(H,27,28)/t19-/m0/s1. The van der Waals surface area contributed by atoms with E-state index in [2.05, 4.69) is 27.2 Å². The number of carbonyl (C=O) groups excluding carboxylic acids is 1. The molecule has 2 heterocycles. The van der Waals surface area contributed by atoms with Crippen molar-refractivity contribution in [1.29, 1.82) is 0 Å². The molecule has 2 aromatic carbocycles. The van der Waals surface area contributed by atoms with Crippen LogP contribution in [0.3, 0.4) is 0 Å². The second-order valence-electron chi connectivity index (χ2n) is 6.49. The summed E-state index contributed by atoms with van der Waals surface area (Å²) < 4.78 is 0. The minimum Gasteiger partial charge on any atom is -0.345 e. The van der Waals surface area contributed by atoms with E-state index in [0.717, 1.165) is 17.5 Å². The number of nitrogens with zero attached hydrogens (tertiary/aromatic N) is 3. The SMILES string of the molecule is CC[C@H](NC(=O)c1cc(-c2ccccc2)nc2nccnc12)c1ccccc1. The molecular formula is C23H20N4O. The van der Waals surface area contributed by atoms with Crippen LogP contribution in [-0.4, -0.2) is 20.9 Å². The van der Waals surface area contributed by atoms with Crippen LogP contribution in [0.1, 0.15) is 35.3 Å². The maximum absolute atomic E-state index is 13.2. The Labute approximate surface area is 163 Å². The van der Waals surface area contributed by atoms with Gasteiger partial charge in [-0.05, 0) is 18.1 Å². The van der Waals surface area contributed by atoms with E-state index in [9.17, 15) is 4.79 Å². The number of rotatable bonds is 5. The predicted molar refractivity (Wildman–Crippen MR) is 110 cm³/mol. The molecule has 1 atom stereocenters. The Morgan fingerprint density at radius 1 is 0.964 bits per heavy atom. The third-order valence-corrected chi connectivity index (χ3v) is 4.67. The zero-order valence-corrected chi connectivity index (χ0v) is 15.5. The van der Waals surface area contributed by atoms with E-state index in [1.54, 1.807) is 18.5 Å². The van der Waals surface area contributed by atoms with Gasteiger partial charge in [-0.3, -0.25) is 9.78 Å². The minimum absolute atomic E-state index is 0.0752. The van der Waals surface area contributed by atoms with Gasteiger partial charge in [0.25, 0.3) is 5.91 Å². The van der Waals surface area contributed by atoms with Crippen LogP contribution in [0.4, 0.5) is 0 Å². The summed E-state index contributed by atoms with van der Waals surface area (Å²) in [7, 11) is 0. The molecule has 0 fully saturated rings. The van der Waals surface area contributed by atoms with Crippen LogP contribution < -0.4 is 5.32 Å². The third kappa shape index (κ3) is 3.60. The number of hydrogen-bond donors (Lipinski definition) is 1. The summed E-state index contributed by atoms with van der Waals surface area (Å²) in [6.45, 7) is 2.05. The van der Waals surface area contributed by atoms with E-state index in [0.29, 0.717) is 22.4 Å². The number of carbonyl (C=O) groups is 1. The molecule has 0 radical (unpaired) electrons. The summed E-state index contributed by atoms with van der Waals surface area (Å²) in [6.07, 6.45) is 3.96. The predicted octanol–water partition coefficient (Wildman–Crippen LogP) is 4.57. The van der Waals surface area contributed by atoms with E-state index in [-0.39, 0.29) is 11.9 Å². The fourth-order valence-electron chi connectivity index (χ4n) is 3.23. The van der Waals surface area contributed by atoms with Crippen molar-refractivity contribution in [2.24, 2.45) is 0 Å². The number of fused-ring (bicyclic) bond motifs is 1. The van der Waals surface area contributed by atoms with Crippen molar-refractivity contribution in [2.75, 3.05) is 0 Å². The van der Waals surface area contributed by atoms with Gasteiger partial charge in [-0.2, -0.15) is 0 Å². The molecular weight excluding hydrogens is 348 g/mol. The van der Waals surface area contributed by atoms with Crippen molar-refractivity contribution in [2.45, 2.75) is 19.4 Å². The Morgan fingerprint density at radius 2 is 1.64 bits per heavy atom. The van der Waals surface area contributed by atoms with Crippen LogP contribution in [-0.2, 0) is 0 Å². The van der Waals surface area contributed by atoms with Crippen molar-refractivity contribution in [3.05, 3.63) is 90.3 Å². The van der Waals surface area contributed by atoms with Gasteiger partial charge in [0, 0.05) is 18.0 Å². The summed E-state index contributed by atoms with van der Waals surface area (Å²) in [6, 6.07) is 21.4. The van der Waals surface area contributed by atoms with Crippen LogP contribution in [0.2, 0.25) is 0 Å². The fraction of sp³-hybridized carbons (Fsp3) is 0.130.